The van der Waals surface area contributed by atoms with Crippen LogP contribution < -0.4 is 0 Å². The van der Waals surface area contributed by atoms with Crippen LogP contribution in [0.3, 0.4) is 0 Å². The fourth-order valence-corrected chi connectivity index (χ4v) is 4.08. The van der Waals surface area contributed by atoms with E-state index in [0.29, 0.717) is 6.42 Å². The molecular weight excluding hydrogens is 472 g/mol. The Bertz CT molecular complexity index is 632. The van der Waals surface area contributed by atoms with Crippen molar-refractivity contribution in [2.75, 3.05) is 13.2 Å². The van der Waals surface area contributed by atoms with Crippen molar-refractivity contribution in [3.05, 3.63) is 0 Å². The maximum Gasteiger partial charge on any atom is 0.362 e. The number of unbranched alkanes of at least 4 members (excludes halogenated alkanes) is 6. The molecular formula is C22H40O13. The summed E-state index contributed by atoms with van der Waals surface area (Å²) in [6.07, 6.45) is -9.99. The average Bonchev–Trinajstić information content (AvgIpc) is 2.84. The molecule has 35 heavy (non-hydrogen) atoms. The normalized spacial score (nSPS) is 40.0. The van der Waals surface area contributed by atoms with Gasteiger partial charge < -0.3 is 55.1 Å². The van der Waals surface area contributed by atoms with Crippen molar-refractivity contribution in [3.63, 3.8) is 0 Å². The topological polar surface area (TPSA) is 216 Å². The van der Waals surface area contributed by atoms with Crippen LogP contribution in [0.1, 0.15) is 58.3 Å². The number of carbonyl (C=O) groups is 1. The molecule has 1 unspecified atom stereocenters. The Labute approximate surface area is 203 Å². The molecule has 2 rings (SSSR count). The van der Waals surface area contributed by atoms with Crippen molar-refractivity contribution < 1.29 is 64.6 Å². The van der Waals surface area contributed by atoms with Gasteiger partial charge in [0.2, 0.25) is 0 Å². The zero-order valence-electron chi connectivity index (χ0n) is 19.9. The van der Waals surface area contributed by atoms with E-state index in [4.69, 9.17) is 18.9 Å². The molecule has 0 radical (unpaired) electrons. The molecule has 0 spiro atoms. The highest BCUT2D eigenvalue weighted by atomic mass is 16.9. The van der Waals surface area contributed by atoms with Gasteiger partial charge in [-0.2, -0.15) is 0 Å². The van der Waals surface area contributed by atoms with Gasteiger partial charge in [-0.05, 0) is 6.42 Å². The molecule has 2 aliphatic heterocycles. The lowest BCUT2D eigenvalue weighted by Crippen LogP contribution is -2.70. The maximum absolute atomic E-state index is 12.6. The van der Waals surface area contributed by atoms with Gasteiger partial charge in [-0.25, -0.2) is 0 Å². The summed E-state index contributed by atoms with van der Waals surface area (Å²) in [5.74, 6) is -3.75. The molecule has 10 atom stereocenters. The zero-order valence-corrected chi connectivity index (χ0v) is 19.9. The molecule has 2 heterocycles. The van der Waals surface area contributed by atoms with E-state index < -0.39 is 80.3 Å². The van der Waals surface area contributed by atoms with E-state index in [1.54, 1.807) is 0 Å². The standard InChI is InChI=1S/C22H40O13/c1-2-3-4-5-6-7-8-9-14(25)34-22(20(31)18(29)16(27)13(11-24)33-22)35-21-19(30)17(28)15(26)12(10-23)32-21/h12-13,15-21,23-24,26-31H,2-11H2,1H3/t12-,13-,15-,16-,17+,18+,19-,20-,21-,22?/m1/s1. The molecule has 0 aromatic rings. The zero-order chi connectivity index (χ0) is 26.2. The first-order valence-corrected chi connectivity index (χ1v) is 12.1. The number of aliphatic hydroxyl groups is 8. The summed E-state index contributed by atoms with van der Waals surface area (Å²) in [5, 5.41) is 80.3. The van der Waals surface area contributed by atoms with E-state index >= 15 is 0 Å². The van der Waals surface area contributed by atoms with Crippen molar-refractivity contribution in [3.8, 4) is 0 Å². The van der Waals surface area contributed by atoms with Gasteiger partial charge in [0, 0.05) is 6.42 Å². The third-order valence-corrected chi connectivity index (χ3v) is 6.28. The van der Waals surface area contributed by atoms with Crippen molar-refractivity contribution in [1.29, 1.82) is 0 Å². The molecule has 0 aromatic carbocycles. The van der Waals surface area contributed by atoms with Crippen LogP contribution in [0.25, 0.3) is 0 Å². The summed E-state index contributed by atoms with van der Waals surface area (Å²) in [6, 6.07) is 0. The van der Waals surface area contributed by atoms with Crippen LogP contribution in [0.15, 0.2) is 0 Å². The summed E-state index contributed by atoms with van der Waals surface area (Å²) in [5.41, 5.74) is 0. The Hall–Kier alpha value is -0.970. The number of ether oxygens (including phenoxy) is 4. The fourth-order valence-electron chi connectivity index (χ4n) is 4.08. The molecule has 13 nitrogen and oxygen atoms in total. The minimum atomic E-state index is -2.85. The average molecular weight is 513 g/mol. The Morgan fingerprint density at radius 1 is 0.771 bits per heavy atom. The van der Waals surface area contributed by atoms with Gasteiger partial charge in [0.05, 0.1) is 13.2 Å². The van der Waals surface area contributed by atoms with Gasteiger partial charge in [0.15, 0.2) is 12.4 Å². The fraction of sp³-hybridized carbons (Fsp3) is 0.955. The monoisotopic (exact) mass is 512 g/mol. The SMILES string of the molecule is CCCCCCCCCC(=O)OC1(O[C@H]2O[C@H](CO)[C@@H](O)[C@H](O)[C@H]2O)O[C@H](CO)[C@@H](O)[C@H](O)[C@H]1O. The maximum atomic E-state index is 12.6. The molecule has 2 fully saturated rings. The molecule has 0 amide bonds. The second-order valence-electron chi connectivity index (χ2n) is 9.03. The predicted molar refractivity (Wildman–Crippen MR) is 116 cm³/mol. The van der Waals surface area contributed by atoms with Crippen molar-refractivity contribution >= 4 is 5.97 Å². The van der Waals surface area contributed by atoms with E-state index in [-0.39, 0.29) is 6.42 Å². The van der Waals surface area contributed by atoms with Crippen molar-refractivity contribution in [1.82, 2.24) is 0 Å². The molecule has 0 aliphatic carbocycles. The molecule has 2 aliphatic rings. The summed E-state index contributed by atoms with van der Waals surface area (Å²) in [7, 11) is 0. The number of hydrogen-bond donors (Lipinski definition) is 8. The van der Waals surface area contributed by atoms with Crippen LogP contribution in [0.4, 0.5) is 0 Å². The quantitative estimate of drug-likeness (QED) is 0.0735. The lowest BCUT2D eigenvalue weighted by molar-refractivity contribution is -0.486. The van der Waals surface area contributed by atoms with Crippen molar-refractivity contribution in [2.45, 2.75) is 119 Å². The van der Waals surface area contributed by atoms with E-state index in [0.717, 1.165) is 38.5 Å². The third-order valence-electron chi connectivity index (χ3n) is 6.28. The first kappa shape index (κ1) is 30.3. The highest BCUT2D eigenvalue weighted by Crippen LogP contribution is 2.36. The van der Waals surface area contributed by atoms with Crippen LogP contribution in [-0.4, -0.2) is 121 Å². The first-order chi connectivity index (χ1) is 16.6. The summed E-state index contributed by atoms with van der Waals surface area (Å²) < 4.78 is 21.3. The summed E-state index contributed by atoms with van der Waals surface area (Å²) in [6.45, 7) is 0.469. The van der Waals surface area contributed by atoms with Gasteiger partial charge >= 0.3 is 11.9 Å². The highest BCUT2D eigenvalue weighted by molar-refractivity contribution is 5.69. The molecule has 0 bridgehead atoms. The molecule has 0 aromatic heterocycles. The Morgan fingerprint density at radius 3 is 1.94 bits per heavy atom. The van der Waals surface area contributed by atoms with Crippen molar-refractivity contribution in [2.24, 2.45) is 0 Å². The van der Waals surface area contributed by atoms with Crippen LogP contribution in [0.2, 0.25) is 0 Å². The minimum Gasteiger partial charge on any atom is -0.405 e. The molecule has 13 heteroatoms. The third kappa shape index (κ3) is 7.52. The van der Waals surface area contributed by atoms with Gasteiger partial charge in [-0.15, -0.1) is 0 Å². The minimum absolute atomic E-state index is 0.105. The first-order valence-electron chi connectivity index (χ1n) is 12.1. The lowest BCUT2D eigenvalue weighted by atomic mass is 9.96. The smallest absolute Gasteiger partial charge is 0.362 e. The largest absolute Gasteiger partial charge is 0.405 e. The molecule has 8 N–H and O–H groups in total. The van der Waals surface area contributed by atoms with E-state index in [1.165, 1.54) is 0 Å². The van der Waals surface area contributed by atoms with Gasteiger partial charge in [0.1, 0.15) is 42.7 Å². The number of carbonyl (C=O) groups excluding carboxylic acids is 1. The van der Waals surface area contributed by atoms with Crippen LogP contribution in [-0.2, 0) is 23.7 Å². The van der Waals surface area contributed by atoms with E-state index in [9.17, 15) is 45.6 Å². The Kier molecular flexibility index (Phi) is 12.2. The number of hydrogen-bond acceptors (Lipinski definition) is 13. The number of esters is 1. The highest BCUT2D eigenvalue weighted by Gasteiger charge is 2.60. The van der Waals surface area contributed by atoms with Gasteiger partial charge in [-0.3, -0.25) is 9.53 Å². The Balaban J connectivity index is 2.15. The van der Waals surface area contributed by atoms with E-state index in [2.05, 4.69) is 6.92 Å². The van der Waals surface area contributed by atoms with Gasteiger partial charge in [0.25, 0.3) is 0 Å². The van der Waals surface area contributed by atoms with Crippen LogP contribution >= 0.6 is 0 Å². The predicted octanol–water partition coefficient (Wildman–Crippen LogP) is -2.39. The Morgan fingerprint density at radius 2 is 1.34 bits per heavy atom. The number of aliphatic hydroxyl groups excluding tert-OH is 8. The van der Waals surface area contributed by atoms with E-state index in [1.807, 2.05) is 0 Å². The summed E-state index contributed by atoms with van der Waals surface area (Å²) >= 11 is 0. The number of rotatable bonds is 13. The molecule has 2 saturated heterocycles. The second-order valence-corrected chi connectivity index (χ2v) is 9.03. The second kappa shape index (κ2) is 14.1. The van der Waals surface area contributed by atoms with Crippen LogP contribution in [0, 0.1) is 0 Å². The lowest BCUT2D eigenvalue weighted by Gasteiger charge is -2.49. The van der Waals surface area contributed by atoms with Crippen LogP contribution in [0.5, 0.6) is 0 Å². The summed E-state index contributed by atoms with van der Waals surface area (Å²) in [4.78, 5) is 12.6. The molecule has 206 valence electrons. The molecule has 0 saturated carbocycles. The van der Waals surface area contributed by atoms with Gasteiger partial charge in [-0.1, -0.05) is 45.4 Å².